The molecule has 1 rings (SSSR count). The first-order valence-corrected chi connectivity index (χ1v) is 6.89. The molecule has 3 N–H and O–H groups in total. The Balaban J connectivity index is 2.35. The number of amides is 1. The summed E-state index contributed by atoms with van der Waals surface area (Å²) in [4.78, 5) is 13.8. The Hall–Kier alpha value is -0.650. The zero-order chi connectivity index (χ0) is 13.6. The van der Waals surface area contributed by atoms with Crippen LogP contribution in [0.4, 0.5) is 0 Å². The molecule has 18 heavy (non-hydrogen) atoms. The predicted octanol–water partition coefficient (Wildman–Crippen LogP) is -0.0526. The van der Waals surface area contributed by atoms with Crippen LogP contribution < -0.4 is 10.6 Å². The Morgan fingerprint density at radius 1 is 1.61 bits per heavy atom. The smallest absolute Gasteiger partial charge is 0.237 e. The minimum Gasteiger partial charge on any atom is -0.387 e. The van der Waals surface area contributed by atoms with Crippen molar-refractivity contribution >= 4 is 5.91 Å². The van der Waals surface area contributed by atoms with Gasteiger partial charge in [0.2, 0.25) is 5.91 Å². The maximum absolute atomic E-state index is 11.9. The molecule has 5 heteroatoms. The lowest BCUT2D eigenvalue weighted by Crippen LogP contribution is -2.50. The van der Waals surface area contributed by atoms with Crippen molar-refractivity contribution in [1.82, 2.24) is 15.5 Å². The van der Waals surface area contributed by atoms with Gasteiger partial charge in [-0.25, -0.2) is 0 Å². The van der Waals surface area contributed by atoms with Crippen molar-refractivity contribution in [2.75, 3.05) is 33.2 Å². The van der Waals surface area contributed by atoms with Crippen LogP contribution in [0.1, 0.15) is 33.1 Å². The molecule has 0 aromatic heterocycles. The molecule has 106 valence electrons. The highest BCUT2D eigenvalue weighted by atomic mass is 16.3. The van der Waals surface area contributed by atoms with Gasteiger partial charge in [-0.2, -0.15) is 0 Å². The molecule has 0 aromatic rings. The quantitative estimate of drug-likeness (QED) is 0.560. The summed E-state index contributed by atoms with van der Waals surface area (Å²) < 4.78 is 0. The van der Waals surface area contributed by atoms with E-state index in [1.165, 1.54) is 0 Å². The zero-order valence-electron chi connectivity index (χ0n) is 11.8. The highest BCUT2D eigenvalue weighted by molar-refractivity contribution is 5.81. The topological polar surface area (TPSA) is 64.6 Å². The average Bonchev–Trinajstić information content (AvgIpc) is 2.74. The second-order valence-corrected chi connectivity index (χ2v) is 5.39. The lowest BCUT2D eigenvalue weighted by molar-refractivity contribution is -0.126. The van der Waals surface area contributed by atoms with E-state index in [0.29, 0.717) is 13.1 Å². The van der Waals surface area contributed by atoms with E-state index in [9.17, 15) is 9.90 Å². The fourth-order valence-corrected chi connectivity index (χ4v) is 2.20. The standard InChI is InChI=1S/C13H27N3O2/c1-4-5-7-15-12(17)11(2)16(3)10-13(18)6-8-14-9-13/h11,14,18H,4-10H2,1-3H3,(H,15,17). The molecule has 1 fully saturated rings. The molecular weight excluding hydrogens is 230 g/mol. The van der Waals surface area contributed by atoms with Crippen molar-refractivity contribution in [2.24, 2.45) is 0 Å². The van der Waals surface area contributed by atoms with Crippen LogP contribution >= 0.6 is 0 Å². The molecule has 1 heterocycles. The van der Waals surface area contributed by atoms with E-state index in [0.717, 1.165) is 32.4 Å². The number of aliphatic hydroxyl groups is 1. The molecule has 1 saturated heterocycles. The number of nitrogens with zero attached hydrogens (tertiary/aromatic N) is 1. The van der Waals surface area contributed by atoms with Gasteiger partial charge in [0.25, 0.3) is 0 Å². The van der Waals surface area contributed by atoms with E-state index < -0.39 is 5.60 Å². The Labute approximate surface area is 110 Å². The Morgan fingerprint density at radius 2 is 2.33 bits per heavy atom. The number of β-amino-alcohol motifs (C(OH)–C–C–N with tert-alkyl or cyclic N) is 1. The summed E-state index contributed by atoms with van der Waals surface area (Å²) >= 11 is 0. The van der Waals surface area contributed by atoms with Crippen LogP contribution in [0.5, 0.6) is 0 Å². The van der Waals surface area contributed by atoms with Crippen LogP contribution in [0, 0.1) is 0 Å². The lowest BCUT2D eigenvalue weighted by Gasteiger charge is -2.31. The van der Waals surface area contributed by atoms with Gasteiger partial charge >= 0.3 is 0 Å². The van der Waals surface area contributed by atoms with Gasteiger partial charge in [-0.3, -0.25) is 9.69 Å². The predicted molar refractivity (Wildman–Crippen MR) is 72.4 cm³/mol. The highest BCUT2D eigenvalue weighted by Crippen LogP contribution is 2.16. The number of hydrogen-bond acceptors (Lipinski definition) is 4. The molecule has 0 radical (unpaired) electrons. The molecule has 2 atom stereocenters. The van der Waals surface area contributed by atoms with Crippen molar-refractivity contribution in [3.05, 3.63) is 0 Å². The van der Waals surface area contributed by atoms with E-state index >= 15 is 0 Å². The van der Waals surface area contributed by atoms with Gasteiger partial charge in [0, 0.05) is 19.6 Å². The van der Waals surface area contributed by atoms with Gasteiger partial charge in [-0.15, -0.1) is 0 Å². The van der Waals surface area contributed by atoms with E-state index in [1.54, 1.807) is 0 Å². The molecular formula is C13H27N3O2. The van der Waals surface area contributed by atoms with Gasteiger partial charge in [-0.1, -0.05) is 13.3 Å². The van der Waals surface area contributed by atoms with E-state index in [4.69, 9.17) is 0 Å². The number of rotatable bonds is 7. The minimum absolute atomic E-state index is 0.0421. The molecule has 2 unspecified atom stereocenters. The highest BCUT2D eigenvalue weighted by Gasteiger charge is 2.34. The summed E-state index contributed by atoms with van der Waals surface area (Å²) in [6.45, 7) is 6.71. The second-order valence-electron chi connectivity index (χ2n) is 5.39. The number of unbranched alkanes of at least 4 members (excludes halogenated alkanes) is 1. The van der Waals surface area contributed by atoms with Crippen LogP contribution in [0.25, 0.3) is 0 Å². The molecule has 0 spiro atoms. The number of carbonyl (C=O) groups is 1. The van der Waals surface area contributed by atoms with E-state index in [-0.39, 0.29) is 11.9 Å². The van der Waals surface area contributed by atoms with Gasteiger partial charge in [0.15, 0.2) is 0 Å². The van der Waals surface area contributed by atoms with E-state index in [2.05, 4.69) is 17.6 Å². The molecule has 0 aromatic carbocycles. The van der Waals surface area contributed by atoms with Gasteiger partial charge in [0.05, 0.1) is 11.6 Å². The summed E-state index contributed by atoms with van der Waals surface area (Å²) in [5.41, 5.74) is -0.688. The second kappa shape index (κ2) is 7.07. The van der Waals surface area contributed by atoms with E-state index in [1.807, 2.05) is 18.9 Å². The average molecular weight is 257 g/mol. The van der Waals surface area contributed by atoms with Gasteiger partial charge in [-0.05, 0) is 33.4 Å². The van der Waals surface area contributed by atoms with Crippen LogP contribution in [-0.2, 0) is 4.79 Å². The fourth-order valence-electron chi connectivity index (χ4n) is 2.20. The molecule has 1 aliphatic rings. The summed E-state index contributed by atoms with van der Waals surface area (Å²) in [6, 6.07) is -0.202. The SMILES string of the molecule is CCCCNC(=O)C(C)N(C)CC1(O)CCNC1. The molecule has 0 bridgehead atoms. The third-order valence-corrected chi connectivity index (χ3v) is 3.64. The fraction of sp³-hybridized carbons (Fsp3) is 0.923. The van der Waals surface area contributed by atoms with Crippen molar-refractivity contribution in [3.63, 3.8) is 0 Å². The van der Waals surface area contributed by atoms with Crippen LogP contribution in [0.2, 0.25) is 0 Å². The summed E-state index contributed by atoms with van der Waals surface area (Å²) in [5.74, 6) is 0.0421. The first kappa shape index (κ1) is 15.4. The summed E-state index contributed by atoms with van der Waals surface area (Å²) in [7, 11) is 1.89. The molecule has 1 aliphatic heterocycles. The molecule has 1 amide bonds. The molecule has 0 aliphatic carbocycles. The normalized spacial score (nSPS) is 25.4. The summed E-state index contributed by atoms with van der Waals surface area (Å²) in [6.07, 6.45) is 2.84. The van der Waals surface area contributed by atoms with Gasteiger partial charge in [0.1, 0.15) is 0 Å². The first-order valence-electron chi connectivity index (χ1n) is 6.89. The maximum Gasteiger partial charge on any atom is 0.237 e. The Morgan fingerprint density at radius 3 is 2.89 bits per heavy atom. The molecule has 0 saturated carbocycles. The first-order chi connectivity index (χ1) is 8.48. The number of likely N-dealkylation sites (N-methyl/N-ethyl adjacent to an activating group) is 1. The van der Waals surface area contributed by atoms with Crippen molar-refractivity contribution in [2.45, 2.75) is 44.8 Å². The third-order valence-electron chi connectivity index (χ3n) is 3.64. The summed E-state index contributed by atoms with van der Waals surface area (Å²) in [5, 5.41) is 16.3. The van der Waals surface area contributed by atoms with Gasteiger partial charge < -0.3 is 15.7 Å². The number of hydrogen-bond donors (Lipinski definition) is 3. The number of carbonyl (C=O) groups excluding carboxylic acids is 1. The lowest BCUT2D eigenvalue weighted by atomic mass is 10.0. The van der Waals surface area contributed by atoms with Crippen LogP contribution in [-0.4, -0.2) is 60.8 Å². The monoisotopic (exact) mass is 257 g/mol. The van der Waals surface area contributed by atoms with Crippen molar-refractivity contribution in [3.8, 4) is 0 Å². The third kappa shape index (κ3) is 4.55. The largest absolute Gasteiger partial charge is 0.387 e. The van der Waals surface area contributed by atoms with Crippen molar-refractivity contribution in [1.29, 1.82) is 0 Å². The Kier molecular flexibility index (Phi) is 6.05. The van der Waals surface area contributed by atoms with Crippen LogP contribution in [0.3, 0.4) is 0 Å². The minimum atomic E-state index is -0.688. The van der Waals surface area contributed by atoms with Crippen LogP contribution in [0.15, 0.2) is 0 Å². The zero-order valence-corrected chi connectivity index (χ0v) is 11.8. The molecule has 5 nitrogen and oxygen atoms in total. The van der Waals surface area contributed by atoms with Crippen molar-refractivity contribution < 1.29 is 9.90 Å². The Bertz CT molecular complexity index is 265. The maximum atomic E-state index is 11.9. The number of nitrogens with one attached hydrogen (secondary N) is 2.